The second-order valence-corrected chi connectivity index (χ2v) is 7.28. The number of carbonyl (C=O) groups is 2. The normalized spacial score (nSPS) is 12.8. The number of aliphatic carboxylic acids is 1. The fraction of sp³-hybridized carbons (Fsp3) is 0.125. The molecule has 0 radical (unpaired) electrons. The Bertz CT molecular complexity index is 1210. The van der Waals surface area contributed by atoms with Gasteiger partial charge < -0.3 is 20.3 Å². The number of nitrogens with zero attached hydrogens (tertiary/aromatic N) is 2. The van der Waals surface area contributed by atoms with E-state index in [2.05, 4.69) is 15.6 Å². The van der Waals surface area contributed by atoms with Crippen LogP contribution in [-0.2, 0) is 4.79 Å². The Kier molecular flexibility index (Phi) is 5.66. The molecular formula is C24H22N4O3. The molecule has 0 fully saturated rings. The van der Waals surface area contributed by atoms with E-state index in [4.69, 9.17) is 0 Å². The number of para-hydroxylation sites is 1. The maximum absolute atomic E-state index is 12.3. The van der Waals surface area contributed by atoms with E-state index < -0.39 is 17.9 Å². The summed E-state index contributed by atoms with van der Waals surface area (Å²) in [5, 5.41) is 15.2. The van der Waals surface area contributed by atoms with Gasteiger partial charge in [-0.15, -0.1) is 0 Å². The van der Waals surface area contributed by atoms with E-state index in [1.807, 2.05) is 59.2 Å². The van der Waals surface area contributed by atoms with Crippen LogP contribution in [0, 0.1) is 5.92 Å². The highest BCUT2D eigenvalue weighted by Gasteiger charge is 2.28. The van der Waals surface area contributed by atoms with E-state index in [9.17, 15) is 14.7 Å². The van der Waals surface area contributed by atoms with Crippen molar-refractivity contribution in [3.63, 3.8) is 0 Å². The summed E-state index contributed by atoms with van der Waals surface area (Å²) in [6.45, 7) is 1.69. The molecule has 0 spiro atoms. The molecule has 7 nitrogen and oxygen atoms in total. The highest BCUT2D eigenvalue weighted by molar-refractivity contribution is 6.00. The molecule has 0 saturated carbocycles. The van der Waals surface area contributed by atoms with E-state index in [1.54, 1.807) is 37.5 Å². The van der Waals surface area contributed by atoms with Crippen LogP contribution in [0.15, 0.2) is 85.2 Å². The van der Waals surface area contributed by atoms with Gasteiger partial charge in [-0.1, -0.05) is 48.5 Å². The first-order valence-electron chi connectivity index (χ1n) is 9.90. The van der Waals surface area contributed by atoms with E-state index >= 15 is 0 Å². The zero-order valence-electron chi connectivity index (χ0n) is 16.9. The second kappa shape index (κ2) is 8.71. The molecule has 4 aromatic rings. The number of carbonyl (C=O) groups excluding carboxylic acids is 1. The summed E-state index contributed by atoms with van der Waals surface area (Å²) in [5.74, 6) is -1.54. The Labute approximate surface area is 179 Å². The number of anilines is 2. The molecule has 1 heterocycles. The summed E-state index contributed by atoms with van der Waals surface area (Å²) in [6, 6.07) is 23.3. The first-order chi connectivity index (χ1) is 15.0. The summed E-state index contributed by atoms with van der Waals surface area (Å²) in [6.07, 6.45) is 1.65. The number of carboxylic acid groups (broad SMARTS) is 1. The molecule has 31 heavy (non-hydrogen) atoms. The van der Waals surface area contributed by atoms with Gasteiger partial charge in [0.25, 0.3) is 0 Å². The number of imidazole rings is 1. The molecule has 0 bridgehead atoms. The molecule has 2 amide bonds. The number of aromatic nitrogens is 2. The average Bonchev–Trinajstić information content (AvgIpc) is 3.18. The molecule has 1 unspecified atom stereocenters. The van der Waals surface area contributed by atoms with Crippen LogP contribution in [0.1, 0.15) is 18.5 Å². The van der Waals surface area contributed by atoms with E-state index in [1.165, 1.54) is 0 Å². The minimum atomic E-state index is -0.883. The molecule has 7 heteroatoms. The minimum Gasteiger partial charge on any atom is -0.481 e. The molecule has 0 saturated heterocycles. The van der Waals surface area contributed by atoms with Crippen LogP contribution in [0.3, 0.4) is 0 Å². The van der Waals surface area contributed by atoms with Crippen molar-refractivity contribution in [2.24, 2.45) is 5.92 Å². The number of benzene rings is 3. The third-order valence-electron chi connectivity index (χ3n) is 5.17. The van der Waals surface area contributed by atoms with Crippen molar-refractivity contribution in [1.82, 2.24) is 9.55 Å². The van der Waals surface area contributed by atoms with Crippen LogP contribution >= 0.6 is 0 Å². The van der Waals surface area contributed by atoms with Gasteiger partial charge in [-0.3, -0.25) is 4.79 Å². The van der Waals surface area contributed by atoms with Crippen molar-refractivity contribution < 1.29 is 14.7 Å². The standard InChI is InChI=1S/C24H22N4O3/c1-16(23(29)30)22(17-8-4-2-5-9-17)28-15-25-20-14-19(12-13-21(20)28)27-24(31)26-18-10-6-3-7-11-18/h2-16,22H,1H3,(H,29,30)(H2,26,27,31)/t16?,22-/m1/s1. The molecule has 4 rings (SSSR count). The molecule has 156 valence electrons. The summed E-state index contributed by atoms with van der Waals surface area (Å²) in [5.41, 5.74) is 3.63. The number of nitrogens with one attached hydrogen (secondary N) is 2. The number of rotatable bonds is 6. The number of amides is 2. The summed E-state index contributed by atoms with van der Waals surface area (Å²) in [4.78, 5) is 28.5. The zero-order valence-corrected chi connectivity index (χ0v) is 16.9. The van der Waals surface area contributed by atoms with Crippen LogP contribution < -0.4 is 10.6 Å². The number of carboxylic acids is 1. The van der Waals surface area contributed by atoms with Crippen molar-refractivity contribution in [3.8, 4) is 0 Å². The van der Waals surface area contributed by atoms with Crippen LogP contribution in [-0.4, -0.2) is 26.7 Å². The fourth-order valence-electron chi connectivity index (χ4n) is 3.62. The van der Waals surface area contributed by atoms with Crippen LogP contribution in [0.2, 0.25) is 0 Å². The number of urea groups is 1. The zero-order chi connectivity index (χ0) is 21.8. The Balaban J connectivity index is 1.61. The highest BCUT2D eigenvalue weighted by Crippen LogP contribution is 2.31. The predicted octanol–water partition coefficient (Wildman–Crippen LogP) is 4.99. The molecule has 1 aromatic heterocycles. The van der Waals surface area contributed by atoms with Crippen molar-refractivity contribution in [1.29, 1.82) is 0 Å². The molecular weight excluding hydrogens is 392 g/mol. The number of fused-ring (bicyclic) bond motifs is 1. The largest absolute Gasteiger partial charge is 0.481 e. The lowest BCUT2D eigenvalue weighted by molar-refractivity contribution is -0.142. The third-order valence-corrected chi connectivity index (χ3v) is 5.17. The lowest BCUT2D eigenvalue weighted by atomic mass is 9.94. The topological polar surface area (TPSA) is 96.2 Å². The van der Waals surface area contributed by atoms with Gasteiger partial charge in [0, 0.05) is 11.4 Å². The van der Waals surface area contributed by atoms with Gasteiger partial charge in [-0.05, 0) is 42.8 Å². The quantitative estimate of drug-likeness (QED) is 0.414. The minimum absolute atomic E-state index is 0.355. The van der Waals surface area contributed by atoms with Crippen molar-refractivity contribution in [2.75, 3.05) is 10.6 Å². The van der Waals surface area contributed by atoms with Gasteiger partial charge in [0.1, 0.15) is 0 Å². The fourth-order valence-corrected chi connectivity index (χ4v) is 3.62. The summed E-state index contributed by atoms with van der Waals surface area (Å²) in [7, 11) is 0. The summed E-state index contributed by atoms with van der Waals surface area (Å²) >= 11 is 0. The van der Waals surface area contributed by atoms with Gasteiger partial charge in [-0.2, -0.15) is 0 Å². The van der Waals surface area contributed by atoms with Crippen LogP contribution in [0.25, 0.3) is 11.0 Å². The van der Waals surface area contributed by atoms with Gasteiger partial charge in [-0.25, -0.2) is 9.78 Å². The van der Waals surface area contributed by atoms with Crippen molar-refractivity contribution in [3.05, 3.63) is 90.8 Å². The lowest BCUT2D eigenvalue weighted by Crippen LogP contribution is -2.24. The van der Waals surface area contributed by atoms with E-state index in [-0.39, 0.29) is 6.03 Å². The first kappa shape index (κ1) is 20.2. The maximum atomic E-state index is 12.3. The molecule has 3 aromatic carbocycles. The van der Waals surface area contributed by atoms with Gasteiger partial charge >= 0.3 is 12.0 Å². The Morgan fingerprint density at radius 1 is 0.903 bits per heavy atom. The Morgan fingerprint density at radius 2 is 1.55 bits per heavy atom. The Morgan fingerprint density at radius 3 is 2.23 bits per heavy atom. The molecule has 0 aliphatic heterocycles. The number of hydrogen-bond acceptors (Lipinski definition) is 3. The average molecular weight is 414 g/mol. The Hall–Kier alpha value is -4.13. The highest BCUT2D eigenvalue weighted by atomic mass is 16.4. The third kappa shape index (κ3) is 4.40. The second-order valence-electron chi connectivity index (χ2n) is 7.28. The van der Waals surface area contributed by atoms with Crippen molar-refractivity contribution >= 4 is 34.4 Å². The summed E-state index contributed by atoms with van der Waals surface area (Å²) < 4.78 is 1.87. The lowest BCUT2D eigenvalue weighted by Gasteiger charge is -2.24. The van der Waals surface area contributed by atoms with Gasteiger partial charge in [0.15, 0.2) is 0 Å². The SMILES string of the molecule is CC(C(=O)O)[C@H](c1ccccc1)n1cnc2cc(NC(=O)Nc3ccccc3)ccc21. The van der Waals surface area contributed by atoms with E-state index in [0.717, 1.165) is 11.1 Å². The van der Waals surface area contributed by atoms with Gasteiger partial charge in [0.05, 0.1) is 29.3 Å². The first-order valence-corrected chi connectivity index (χ1v) is 9.90. The predicted molar refractivity (Wildman–Crippen MR) is 120 cm³/mol. The molecule has 2 atom stereocenters. The number of hydrogen-bond donors (Lipinski definition) is 3. The van der Waals surface area contributed by atoms with E-state index in [0.29, 0.717) is 16.9 Å². The van der Waals surface area contributed by atoms with Crippen LogP contribution in [0.5, 0.6) is 0 Å². The monoisotopic (exact) mass is 414 g/mol. The molecule has 0 aliphatic rings. The smallest absolute Gasteiger partial charge is 0.323 e. The van der Waals surface area contributed by atoms with Gasteiger partial charge in [0.2, 0.25) is 0 Å². The molecule has 3 N–H and O–H groups in total. The van der Waals surface area contributed by atoms with Crippen molar-refractivity contribution in [2.45, 2.75) is 13.0 Å². The molecule has 0 aliphatic carbocycles. The maximum Gasteiger partial charge on any atom is 0.323 e. The van der Waals surface area contributed by atoms with Crippen LogP contribution in [0.4, 0.5) is 16.2 Å².